The highest BCUT2D eigenvalue weighted by atomic mass is 32.1. The quantitative estimate of drug-likeness (QED) is 0.347. The largest absolute Gasteiger partial charge is 0.375 e. The number of nitrogens with two attached hydrogens (primary N) is 1. The average molecular weight is 294 g/mol. The van der Waals surface area contributed by atoms with Gasteiger partial charge in [-0.3, -0.25) is 25.2 Å². The molecular formula is C12H14N4O3S. The highest BCUT2D eigenvalue weighted by Gasteiger charge is 2.07. The molecule has 0 aliphatic rings. The second kappa shape index (κ2) is 7.85. The zero-order valence-corrected chi connectivity index (χ0v) is 11.3. The standard InChI is InChI=1S/C12H14N4O3S/c13-12(20)16-15-11(19)6-5-10(18)14-9-3-1-8(7-17)2-4-9/h1-4,7H,5-6H2,(H,14,18)(H,15,19)(H3,13,16,20). The first-order valence-corrected chi connectivity index (χ1v) is 6.11. The summed E-state index contributed by atoms with van der Waals surface area (Å²) in [5.74, 6) is -0.710. The minimum atomic E-state index is -0.399. The molecule has 1 aromatic rings. The molecule has 0 heterocycles. The predicted octanol–water partition coefficient (Wildman–Crippen LogP) is 0.0822. The van der Waals surface area contributed by atoms with E-state index in [1.807, 2.05) is 0 Å². The molecular weight excluding hydrogens is 280 g/mol. The van der Waals surface area contributed by atoms with Crippen LogP contribution >= 0.6 is 12.2 Å². The van der Waals surface area contributed by atoms with E-state index in [1.54, 1.807) is 24.3 Å². The van der Waals surface area contributed by atoms with Gasteiger partial charge in [-0.2, -0.15) is 0 Å². The van der Waals surface area contributed by atoms with Crippen LogP contribution in [0.1, 0.15) is 23.2 Å². The fraction of sp³-hybridized carbons (Fsp3) is 0.167. The van der Waals surface area contributed by atoms with Gasteiger partial charge in [0.1, 0.15) is 6.29 Å². The number of anilines is 1. The van der Waals surface area contributed by atoms with Gasteiger partial charge in [-0.05, 0) is 36.5 Å². The van der Waals surface area contributed by atoms with Crippen LogP contribution in [0, 0.1) is 0 Å². The lowest BCUT2D eigenvalue weighted by Crippen LogP contribution is -2.44. The first-order chi connectivity index (χ1) is 9.51. The highest BCUT2D eigenvalue weighted by molar-refractivity contribution is 7.80. The van der Waals surface area contributed by atoms with Gasteiger partial charge in [0, 0.05) is 24.1 Å². The van der Waals surface area contributed by atoms with Gasteiger partial charge in [0.05, 0.1) is 0 Å². The molecule has 0 bridgehead atoms. The lowest BCUT2D eigenvalue weighted by molar-refractivity contribution is -0.124. The Balaban J connectivity index is 2.34. The third kappa shape index (κ3) is 5.91. The van der Waals surface area contributed by atoms with E-state index in [9.17, 15) is 14.4 Å². The van der Waals surface area contributed by atoms with E-state index in [1.165, 1.54) is 0 Å². The van der Waals surface area contributed by atoms with Crippen molar-refractivity contribution in [3.05, 3.63) is 29.8 Å². The molecule has 0 saturated heterocycles. The second-order valence-electron chi connectivity index (χ2n) is 3.83. The number of carbonyl (C=O) groups excluding carboxylic acids is 3. The van der Waals surface area contributed by atoms with Crippen molar-refractivity contribution < 1.29 is 14.4 Å². The fourth-order valence-electron chi connectivity index (χ4n) is 1.29. The maximum absolute atomic E-state index is 11.6. The monoisotopic (exact) mass is 294 g/mol. The van der Waals surface area contributed by atoms with E-state index < -0.39 is 5.91 Å². The van der Waals surface area contributed by atoms with Crippen LogP contribution in [0.3, 0.4) is 0 Å². The van der Waals surface area contributed by atoms with Gasteiger partial charge < -0.3 is 11.1 Å². The summed E-state index contributed by atoms with van der Waals surface area (Å²) in [6.07, 6.45) is 0.721. The van der Waals surface area contributed by atoms with Crippen LogP contribution in [0.15, 0.2) is 24.3 Å². The van der Waals surface area contributed by atoms with Gasteiger partial charge in [-0.1, -0.05) is 0 Å². The molecule has 0 fully saturated rings. The summed E-state index contributed by atoms with van der Waals surface area (Å²) < 4.78 is 0. The molecule has 2 amide bonds. The minimum Gasteiger partial charge on any atom is -0.375 e. The van der Waals surface area contributed by atoms with E-state index in [0.29, 0.717) is 17.5 Å². The van der Waals surface area contributed by atoms with Gasteiger partial charge in [0.2, 0.25) is 11.8 Å². The molecule has 0 aliphatic heterocycles. The number of hydrazine groups is 1. The molecule has 8 heteroatoms. The number of hydrogen-bond acceptors (Lipinski definition) is 4. The van der Waals surface area contributed by atoms with Crippen molar-refractivity contribution in [3.8, 4) is 0 Å². The summed E-state index contributed by atoms with van der Waals surface area (Å²) in [6, 6.07) is 6.38. The highest BCUT2D eigenvalue weighted by Crippen LogP contribution is 2.08. The number of rotatable bonds is 5. The fourth-order valence-corrected chi connectivity index (χ4v) is 1.34. The molecule has 0 aliphatic carbocycles. The Morgan fingerprint density at radius 2 is 1.70 bits per heavy atom. The normalized spacial score (nSPS) is 9.40. The van der Waals surface area contributed by atoms with E-state index in [4.69, 9.17) is 5.73 Å². The molecule has 1 aromatic carbocycles. The molecule has 106 valence electrons. The average Bonchev–Trinajstić information content (AvgIpc) is 2.43. The van der Waals surface area contributed by atoms with E-state index >= 15 is 0 Å². The smallest absolute Gasteiger partial charge is 0.238 e. The van der Waals surface area contributed by atoms with Gasteiger partial charge >= 0.3 is 0 Å². The van der Waals surface area contributed by atoms with E-state index in [2.05, 4.69) is 28.4 Å². The number of benzene rings is 1. The maximum Gasteiger partial charge on any atom is 0.238 e. The molecule has 0 atom stereocenters. The van der Waals surface area contributed by atoms with E-state index in [-0.39, 0.29) is 23.9 Å². The molecule has 0 unspecified atom stereocenters. The Hall–Kier alpha value is -2.48. The zero-order chi connectivity index (χ0) is 15.0. The van der Waals surface area contributed by atoms with Crippen molar-refractivity contribution >= 4 is 41.1 Å². The summed E-state index contributed by atoms with van der Waals surface area (Å²) in [6.45, 7) is 0. The Morgan fingerprint density at radius 3 is 2.25 bits per heavy atom. The number of nitrogens with one attached hydrogen (secondary N) is 3. The number of aldehydes is 1. The Morgan fingerprint density at radius 1 is 1.10 bits per heavy atom. The number of amides is 2. The van der Waals surface area contributed by atoms with Gasteiger partial charge in [0.25, 0.3) is 0 Å². The Kier molecular flexibility index (Phi) is 6.11. The van der Waals surface area contributed by atoms with Crippen LogP contribution in [-0.4, -0.2) is 23.2 Å². The maximum atomic E-state index is 11.6. The molecule has 0 spiro atoms. The van der Waals surface area contributed by atoms with Crippen LogP contribution in [0.25, 0.3) is 0 Å². The van der Waals surface area contributed by atoms with Crippen molar-refractivity contribution in [2.45, 2.75) is 12.8 Å². The third-order valence-electron chi connectivity index (χ3n) is 2.23. The van der Waals surface area contributed by atoms with Crippen molar-refractivity contribution in [1.82, 2.24) is 10.9 Å². The van der Waals surface area contributed by atoms with Crippen LogP contribution in [-0.2, 0) is 9.59 Å². The zero-order valence-electron chi connectivity index (χ0n) is 10.5. The SMILES string of the molecule is NC(=S)NNC(=O)CCC(=O)Nc1ccc(C=O)cc1. The van der Waals surface area contributed by atoms with Gasteiger partial charge in [-0.15, -0.1) is 0 Å². The van der Waals surface area contributed by atoms with Crippen molar-refractivity contribution in [2.75, 3.05) is 5.32 Å². The number of hydrogen-bond donors (Lipinski definition) is 4. The number of carbonyl (C=O) groups is 3. The van der Waals surface area contributed by atoms with Crippen molar-refractivity contribution in [1.29, 1.82) is 0 Å². The topological polar surface area (TPSA) is 113 Å². The third-order valence-corrected chi connectivity index (χ3v) is 2.34. The van der Waals surface area contributed by atoms with Gasteiger partial charge in [-0.25, -0.2) is 0 Å². The summed E-state index contributed by atoms with van der Waals surface area (Å²) in [4.78, 5) is 33.3. The minimum absolute atomic E-state index is 0.00608. The van der Waals surface area contributed by atoms with Crippen LogP contribution < -0.4 is 21.9 Å². The molecule has 5 N–H and O–H groups in total. The molecule has 1 rings (SSSR count). The van der Waals surface area contributed by atoms with Crippen LogP contribution in [0.4, 0.5) is 5.69 Å². The Labute approximate surface area is 120 Å². The van der Waals surface area contributed by atoms with Crippen LogP contribution in [0.2, 0.25) is 0 Å². The molecule has 0 saturated carbocycles. The first kappa shape index (κ1) is 15.6. The number of thiocarbonyl (C=S) groups is 1. The van der Waals surface area contributed by atoms with Crippen molar-refractivity contribution in [3.63, 3.8) is 0 Å². The summed E-state index contributed by atoms with van der Waals surface area (Å²) in [7, 11) is 0. The first-order valence-electron chi connectivity index (χ1n) is 5.70. The Bertz CT molecular complexity index is 516. The lowest BCUT2D eigenvalue weighted by atomic mass is 10.2. The lowest BCUT2D eigenvalue weighted by Gasteiger charge is -2.07. The van der Waals surface area contributed by atoms with E-state index in [0.717, 1.165) is 0 Å². The summed E-state index contributed by atoms with van der Waals surface area (Å²) in [5, 5.41) is 2.55. The molecule has 20 heavy (non-hydrogen) atoms. The van der Waals surface area contributed by atoms with Gasteiger partial charge in [0.15, 0.2) is 5.11 Å². The summed E-state index contributed by atoms with van der Waals surface area (Å²) in [5.41, 5.74) is 10.7. The predicted molar refractivity (Wildman–Crippen MR) is 77.8 cm³/mol. The molecule has 0 aromatic heterocycles. The molecule has 7 nitrogen and oxygen atoms in total. The molecule has 0 radical (unpaired) electrons. The summed E-state index contributed by atoms with van der Waals surface area (Å²) >= 11 is 4.50. The second-order valence-corrected chi connectivity index (χ2v) is 4.27. The van der Waals surface area contributed by atoms with Crippen molar-refractivity contribution in [2.24, 2.45) is 5.73 Å². The van der Waals surface area contributed by atoms with Crippen LogP contribution in [0.5, 0.6) is 0 Å².